The third-order valence-corrected chi connectivity index (χ3v) is 1.81. The Morgan fingerprint density at radius 3 is 2.08 bits per heavy atom. The zero-order valence-corrected chi connectivity index (χ0v) is 8.42. The molecule has 0 unspecified atom stereocenters. The molecule has 0 spiro atoms. The summed E-state index contributed by atoms with van der Waals surface area (Å²) in [7, 11) is 0. The quantitative estimate of drug-likeness (QED) is 0.675. The molecular weight excluding hydrogens is 160 g/mol. The maximum atomic E-state index is 10.3. The maximum absolute atomic E-state index is 10.3. The van der Waals surface area contributed by atoms with Crippen LogP contribution >= 0.6 is 0 Å². The number of hydrogen-bond acceptors (Lipinski definition) is 1. The van der Waals surface area contributed by atoms with Crippen molar-refractivity contribution >= 4 is 6.29 Å². The largest absolute Gasteiger partial charge is 0.285 e. The van der Waals surface area contributed by atoms with E-state index >= 15 is 0 Å². The summed E-state index contributed by atoms with van der Waals surface area (Å²) >= 11 is 0. The van der Waals surface area contributed by atoms with Crippen molar-refractivity contribution in [2.75, 3.05) is 0 Å². The Labute approximate surface area is 79.8 Å². The lowest BCUT2D eigenvalue weighted by Crippen LogP contribution is -2.08. The van der Waals surface area contributed by atoms with E-state index in [9.17, 15) is 4.79 Å². The molecule has 0 bridgehead atoms. The first kappa shape index (κ1) is 9.97. The minimum atomic E-state index is 0.298. The number of carbonyl (C=O) groups excluding carboxylic acids is 1. The van der Waals surface area contributed by atoms with E-state index in [-0.39, 0.29) is 0 Å². The molecule has 0 saturated carbocycles. The Morgan fingerprint density at radius 2 is 1.69 bits per heavy atom. The smallest absolute Gasteiger partial charge is 0.233 e. The molecule has 0 aromatic heterocycles. The molecule has 1 aromatic carbocycles. The van der Waals surface area contributed by atoms with Gasteiger partial charge in [0.15, 0.2) is 0 Å². The first-order valence-corrected chi connectivity index (χ1v) is 4.48. The van der Waals surface area contributed by atoms with Crippen LogP contribution in [-0.4, -0.2) is 6.29 Å². The second kappa shape index (κ2) is 3.73. The fourth-order valence-corrected chi connectivity index (χ4v) is 1.30. The van der Waals surface area contributed by atoms with Crippen LogP contribution < -0.4 is 0 Å². The van der Waals surface area contributed by atoms with E-state index in [1.807, 2.05) is 30.6 Å². The molecule has 0 heterocycles. The molecule has 0 N–H and O–H groups in total. The zero-order chi connectivity index (χ0) is 9.90. The van der Waals surface area contributed by atoms with Gasteiger partial charge in [-0.05, 0) is 17.4 Å². The molecule has 1 radical (unpaired) electrons. The molecule has 0 aliphatic rings. The van der Waals surface area contributed by atoms with E-state index in [0.717, 1.165) is 6.42 Å². The van der Waals surface area contributed by atoms with Crippen LogP contribution in [0, 0.1) is 5.41 Å². The van der Waals surface area contributed by atoms with Crippen LogP contribution in [0.4, 0.5) is 0 Å². The summed E-state index contributed by atoms with van der Waals surface area (Å²) in [5, 5.41) is 0. The molecule has 1 nitrogen and oxygen atoms in total. The standard InChI is InChI=1S/C12H15O/c1-12(2,3)8-10-4-6-11(9-13)7-5-10/h4-7H,8H2,1-3H3. The van der Waals surface area contributed by atoms with Crippen LogP contribution in [0.2, 0.25) is 0 Å². The Hall–Kier alpha value is -1.11. The van der Waals surface area contributed by atoms with Gasteiger partial charge >= 0.3 is 0 Å². The summed E-state index contributed by atoms with van der Waals surface area (Å²) in [6.07, 6.45) is 2.90. The summed E-state index contributed by atoms with van der Waals surface area (Å²) in [4.78, 5) is 10.3. The Balaban J connectivity index is 2.75. The summed E-state index contributed by atoms with van der Waals surface area (Å²) in [5.74, 6) is 0. The number of hydrogen-bond donors (Lipinski definition) is 0. The van der Waals surface area contributed by atoms with Gasteiger partial charge in [0, 0.05) is 5.56 Å². The summed E-state index contributed by atoms with van der Waals surface area (Å²) in [6.45, 7) is 6.60. The highest BCUT2D eigenvalue weighted by Gasteiger charge is 2.10. The van der Waals surface area contributed by atoms with E-state index in [0.29, 0.717) is 11.0 Å². The van der Waals surface area contributed by atoms with Crippen molar-refractivity contribution < 1.29 is 4.79 Å². The maximum Gasteiger partial charge on any atom is 0.233 e. The van der Waals surface area contributed by atoms with Crippen LogP contribution in [0.25, 0.3) is 0 Å². The molecule has 13 heavy (non-hydrogen) atoms. The van der Waals surface area contributed by atoms with E-state index in [1.165, 1.54) is 5.56 Å². The predicted octanol–water partition coefficient (Wildman–Crippen LogP) is 2.73. The number of rotatable bonds is 2. The van der Waals surface area contributed by atoms with Gasteiger partial charge in [-0.15, -0.1) is 0 Å². The summed E-state index contributed by atoms with van der Waals surface area (Å²) in [6, 6.07) is 7.61. The van der Waals surface area contributed by atoms with E-state index in [2.05, 4.69) is 20.8 Å². The average Bonchev–Trinajstić information content (AvgIpc) is 2.03. The molecule has 0 amide bonds. The highest BCUT2D eigenvalue weighted by atomic mass is 16.1. The normalized spacial score (nSPS) is 11.3. The van der Waals surface area contributed by atoms with Crippen LogP contribution in [-0.2, 0) is 11.2 Å². The molecule has 0 saturated heterocycles. The molecular formula is C12H15O. The highest BCUT2D eigenvalue weighted by Crippen LogP contribution is 2.20. The lowest BCUT2D eigenvalue weighted by molar-refractivity contribution is 0.411. The third kappa shape index (κ3) is 3.41. The van der Waals surface area contributed by atoms with Crippen molar-refractivity contribution in [2.24, 2.45) is 5.41 Å². The van der Waals surface area contributed by atoms with Gasteiger partial charge in [0.2, 0.25) is 6.29 Å². The van der Waals surface area contributed by atoms with Gasteiger partial charge in [0.25, 0.3) is 0 Å². The van der Waals surface area contributed by atoms with Crippen molar-refractivity contribution in [1.82, 2.24) is 0 Å². The molecule has 1 aromatic rings. The minimum absolute atomic E-state index is 0.298. The molecule has 1 heteroatoms. The number of benzene rings is 1. The lowest BCUT2D eigenvalue weighted by atomic mass is 9.88. The van der Waals surface area contributed by atoms with Crippen LogP contribution in [0.5, 0.6) is 0 Å². The van der Waals surface area contributed by atoms with Gasteiger partial charge in [0.1, 0.15) is 0 Å². The molecule has 1 rings (SSSR count). The van der Waals surface area contributed by atoms with Gasteiger partial charge in [-0.3, -0.25) is 4.79 Å². The molecule has 0 fully saturated rings. The monoisotopic (exact) mass is 175 g/mol. The van der Waals surface area contributed by atoms with Gasteiger partial charge in [0.05, 0.1) is 0 Å². The molecule has 0 atom stereocenters. The van der Waals surface area contributed by atoms with E-state index in [4.69, 9.17) is 0 Å². The first-order valence-electron chi connectivity index (χ1n) is 4.48. The van der Waals surface area contributed by atoms with Crippen LogP contribution in [0.15, 0.2) is 24.3 Å². The van der Waals surface area contributed by atoms with Gasteiger partial charge in [-0.1, -0.05) is 45.0 Å². The third-order valence-electron chi connectivity index (χ3n) is 1.81. The topological polar surface area (TPSA) is 17.1 Å². The lowest BCUT2D eigenvalue weighted by Gasteiger charge is -2.17. The van der Waals surface area contributed by atoms with Crippen molar-refractivity contribution in [3.05, 3.63) is 35.4 Å². The van der Waals surface area contributed by atoms with Crippen LogP contribution in [0.1, 0.15) is 31.9 Å². The van der Waals surface area contributed by atoms with Crippen LogP contribution in [0.3, 0.4) is 0 Å². The SMILES string of the molecule is CC(C)(C)Cc1ccc([C]=O)cc1. The van der Waals surface area contributed by atoms with E-state index < -0.39 is 0 Å². The van der Waals surface area contributed by atoms with Gasteiger partial charge in [-0.2, -0.15) is 0 Å². The zero-order valence-electron chi connectivity index (χ0n) is 8.42. The summed E-state index contributed by atoms with van der Waals surface area (Å²) in [5.41, 5.74) is 2.19. The van der Waals surface area contributed by atoms with E-state index in [1.54, 1.807) is 0 Å². The van der Waals surface area contributed by atoms with Gasteiger partial charge < -0.3 is 0 Å². The molecule has 0 aliphatic heterocycles. The molecule has 0 aliphatic carbocycles. The molecule has 69 valence electrons. The predicted molar refractivity (Wildman–Crippen MR) is 54.4 cm³/mol. The second-order valence-corrected chi connectivity index (χ2v) is 4.54. The van der Waals surface area contributed by atoms with Crippen molar-refractivity contribution in [1.29, 1.82) is 0 Å². The Morgan fingerprint density at radius 1 is 1.15 bits per heavy atom. The van der Waals surface area contributed by atoms with Gasteiger partial charge in [-0.25, -0.2) is 0 Å². The minimum Gasteiger partial charge on any atom is -0.285 e. The fourth-order valence-electron chi connectivity index (χ4n) is 1.30. The Bertz CT molecular complexity index is 277. The first-order chi connectivity index (χ1) is 6.01. The Kier molecular flexibility index (Phi) is 2.86. The van der Waals surface area contributed by atoms with Crippen molar-refractivity contribution in [3.63, 3.8) is 0 Å². The highest BCUT2D eigenvalue weighted by molar-refractivity contribution is 5.75. The second-order valence-electron chi connectivity index (χ2n) is 4.54. The van der Waals surface area contributed by atoms with Crippen molar-refractivity contribution in [2.45, 2.75) is 27.2 Å². The summed E-state index contributed by atoms with van der Waals surface area (Å²) < 4.78 is 0. The van der Waals surface area contributed by atoms with Crippen molar-refractivity contribution in [3.8, 4) is 0 Å². The fraction of sp³-hybridized carbons (Fsp3) is 0.417. The average molecular weight is 175 g/mol.